The number of hydrogen-bond acceptors (Lipinski definition) is 5. The Morgan fingerprint density at radius 1 is 1.21 bits per heavy atom. The summed E-state index contributed by atoms with van der Waals surface area (Å²) >= 11 is 0. The van der Waals surface area contributed by atoms with Gasteiger partial charge >= 0.3 is 0 Å². The van der Waals surface area contributed by atoms with Crippen molar-refractivity contribution in [3.05, 3.63) is 42.5 Å². The summed E-state index contributed by atoms with van der Waals surface area (Å²) in [6, 6.07) is 6.02. The highest BCUT2D eigenvalue weighted by atomic mass is 16.5. The third-order valence-corrected chi connectivity index (χ3v) is 3.58. The molecule has 1 heterocycles. The minimum absolute atomic E-state index is 0.524. The molecule has 0 aliphatic carbocycles. The van der Waals surface area contributed by atoms with E-state index in [2.05, 4.69) is 20.9 Å². The molecule has 0 spiro atoms. The predicted octanol–water partition coefficient (Wildman–Crippen LogP) is 2.49. The van der Waals surface area contributed by atoms with E-state index in [1.807, 2.05) is 31.6 Å². The number of ether oxygens (including phenoxy) is 3. The summed E-state index contributed by atoms with van der Waals surface area (Å²) in [6.45, 7) is 6.51. The van der Waals surface area contributed by atoms with E-state index in [-0.39, 0.29) is 0 Å². The van der Waals surface area contributed by atoms with Crippen LogP contribution in [0, 0.1) is 0 Å². The number of hydrogen-bond donors (Lipinski definition) is 1. The van der Waals surface area contributed by atoms with E-state index in [0.29, 0.717) is 19.8 Å². The topological polar surface area (TPSA) is 57.5 Å². The van der Waals surface area contributed by atoms with Gasteiger partial charge in [-0.15, -0.1) is 0 Å². The Labute approximate surface area is 143 Å². The second-order valence-electron chi connectivity index (χ2n) is 5.36. The Kier molecular flexibility index (Phi) is 8.13. The van der Waals surface area contributed by atoms with Gasteiger partial charge in [0.2, 0.25) is 0 Å². The molecule has 0 saturated heterocycles. The number of benzene rings is 1. The van der Waals surface area contributed by atoms with Crippen LogP contribution in [0.2, 0.25) is 0 Å². The molecule has 0 aliphatic heterocycles. The fourth-order valence-corrected chi connectivity index (χ4v) is 2.33. The molecule has 6 nitrogen and oxygen atoms in total. The van der Waals surface area contributed by atoms with E-state index in [1.165, 1.54) is 5.56 Å². The molecular formula is C18H27N3O3. The van der Waals surface area contributed by atoms with Gasteiger partial charge in [-0.05, 0) is 37.6 Å². The van der Waals surface area contributed by atoms with Gasteiger partial charge in [-0.3, -0.25) is 0 Å². The van der Waals surface area contributed by atoms with Crippen molar-refractivity contribution >= 4 is 0 Å². The van der Waals surface area contributed by atoms with E-state index < -0.39 is 0 Å². The molecule has 0 fully saturated rings. The molecule has 0 radical (unpaired) electrons. The molecule has 2 aromatic rings. The van der Waals surface area contributed by atoms with Crippen molar-refractivity contribution in [3.63, 3.8) is 0 Å². The van der Waals surface area contributed by atoms with Gasteiger partial charge in [-0.1, -0.05) is 6.07 Å². The molecule has 0 saturated carbocycles. The van der Waals surface area contributed by atoms with Crippen LogP contribution >= 0.6 is 0 Å². The van der Waals surface area contributed by atoms with Crippen molar-refractivity contribution in [2.45, 2.75) is 26.4 Å². The number of imidazole rings is 1. The monoisotopic (exact) mass is 333 g/mol. The molecule has 24 heavy (non-hydrogen) atoms. The van der Waals surface area contributed by atoms with Crippen LogP contribution in [0.4, 0.5) is 0 Å². The SMILES string of the molecule is CCOCCOc1ccc(CNCCCn2ccnc2)cc1OC. The van der Waals surface area contributed by atoms with Crippen LogP contribution in [0.5, 0.6) is 11.5 Å². The van der Waals surface area contributed by atoms with Crippen LogP contribution in [0.3, 0.4) is 0 Å². The van der Waals surface area contributed by atoms with Crippen LogP contribution in [0.1, 0.15) is 18.9 Å². The average Bonchev–Trinajstić information content (AvgIpc) is 3.12. The van der Waals surface area contributed by atoms with Gasteiger partial charge in [0, 0.05) is 32.1 Å². The maximum Gasteiger partial charge on any atom is 0.161 e. The molecule has 0 bridgehead atoms. The van der Waals surface area contributed by atoms with E-state index in [4.69, 9.17) is 14.2 Å². The fourth-order valence-electron chi connectivity index (χ4n) is 2.33. The molecule has 1 N–H and O–H groups in total. The van der Waals surface area contributed by atoms with E-state index >= 15 is 0 Å². The van der Waals surface area contributed by atoms with Gasteiger partial charge in [-0.2, -0.15) is 0 Å². The largest absolute Gasteiger partial charge is 0.493 e. The molecular weight excluding hydrogens is 306 g/mol. The third kappa shape index (κ3) is 6.22. The maximum absolute atomic E-state index is 5.69. The zero-order valence-corrected chi connectivity index (χ0v) is 14.5. The molecule has 0 unspecified atom stereocenters. The van der Waals surface area contributed by atoms with Crippen molar-refractivity contribution in [1.29, 1.82) is 0 Å². The summed E-state index contributed by atoms with van der Waals surface area (Å²) in [4.78, 5) is 4.04. The Bertz CT molecular complexity index is 573. The summed E-state index contributed by atoms with van der Waals surface area (Å²) in [6.07, 6.45) is 6.69. The lowest BCUT2D eigenvalue weighted by Crippen LogP contribution is -2.16. The Morgan fingerprint density at radius 3 is 2.88 bits per heavy atom. The summed E-state index contributed by atoms with van der Waals surface area (Å²) in [5, 5.41) is 3.44. The lowest BCUT2D eigenvalue weighted by molar-refractivity contribution is 0.109. The van der Waals surface area contributed by atoms with Crippen LogP contribution in [-0.2, 0) is 17.8 Å². The minimum Gasteiger partial charge on any atom is -0.493 e. The highest BCUT2D eigenvalue weighted by Gasteiger charge is 2.05. The first-order valence-electron chi connectivity index (χ1n) is 8.37. The second-order valence-corrected chi connectivity index (χ2v) is 5.36. The van der Waals surface area contributed by atoms with Crippen LogP contribution in [0.25, 0.3) is 0 Å². The van der Waals surface area contributed by atoms with Gasteiger partial charge < -0.3 is 24.1 Å². The Hall–Kier alpha value is -2.05. The predicted molar refractivity (Wildman–Crippen MR) is 93.5 cm³/mol. The minimum atomic E-state index is 0.524. The van der Waals surface area contributed by atoms with E-state index in [0.717, 1.165) is 37.6 Å². The first-order valence-corrected chi connectivity index (χ1v) is 8.37. The van der Waals surface area contributed by atoms with E-state index in [1.54, 1.807) is 13.3 Å². The van der Waals surface area contributed by atoms with Gasteiger partial charge in [0.05, 0.1) is 20.0 Å². The lowest BCUT2D eigenvalue weighted by Gasteiger charge is -2.12. The summed E-state index contributed by atoms with van der Waals surface area (Å²) in [5.74, 6) is 1.50. The van der Waals surface area contributed by atoms with Gasteiger partial charge in [-0.25, -0.2) is 4.98 Å². The first-order chi connectivity index (χ1) is 11.8. The summed E-state index contributed by atoms with van der Waals surface area (Å²) < 4.78 is 18.5. The number of aromatic nitrogens is 2. The van der Waals surface area contributed by atoms with Crippen molar-refractivity contribution in [3.8, 4) is 11.5 Å². The average molecular weight is 333 g/mol. The van der Waals surface area contributed by atoms with Gasteiger partial charge in [0.15, 0.2) is 11.5 Å². The number of nitrogens with one attached hydrogen (secondary N) is 1. The third-order valence-electron chi connectivity index (χ3n) is 3.58. The Morgan fingerprint density at radius 2 is 2.12 bits per heavy atom. The van der Waals surface area contributed by atoms with Gasteiger partial charge in [0.25, 0.3) is 0 Å². The molecule has 132 valence electrons. The molecule has 2 rings (SSSR count). The first kappa shape index (κ1) is 18.3. The highest BCUT2D eigenvalue weighted by Crippen LogP contribution is 2.28. The lowest BCUT2D eigenvalue weighted by atomic mass is 10.2. The van der Waals surface area contributed by atoms with Crippen LogP contribution in [-0.4, -0.2) is 43.0 Å². The van der Waals surface area contributed by atoms with Crippen LogP contribution in [0.15, 0.2) is 36.9 Å². The smallest absolute Gasteiger partial charge is 0.161 e. The van der Waals surface area contributed by atoms with Gasteiger partial charge in [0.1, 0.15) is 6.61 Å². The molecule has 1 aromatic carbocycles. The second kappa shape index (κ2) is 10.7. The maximum atomic E-state index is 5.69. The Balaban J connectivity index is 1.72. The highest BCUT2D eigenvalue weighted by molar-refractivity contribution is 5.42. The molecule has 1 aromatic heterocycles. The van der Waals surface area contributed by atoms with Crippen molar-refractivity contribution in [2.75, 3.05) is 33.5 Å². The molecule has 0 aliphatic rings. The van der Waals surface area contributed by atoms with Crippen LogP contribution < -0.4 is 14.8 Å². The van der Waals surface area contributed by atoms with Crippen molar-refractivity contribution in [2.24, 2.45) is 0 Å². The summed E-state index contributed by atoms with van der Waals surface area (Å²) in [7, 11) is 1.66. The molecule has 6 heteroatoms. The van der Waals surface area contributed by atoms with E-state index in [9.17, 15) is 0 Å². The van der Waals surface area contributed by atoms with Crippen molar-refractivity contribution < 1.29 is 14.2 Å². The zero-order chi connectivity index (χ0) is 17.0. The number of methoxy groups -OCH3 is 1. The fraction of sp³-hybridized carbons (Fsp3) is 0.500. The normalized spacial score (nSPS) is 10.8. The number of aryl methyl sites for hydroxylation is 1. The molecule has 0 amide bonds. The quantitative estimate of drug-likeness (QED) is 0.605. The summed E-state index contributed by atoms with van der Waals surface area (Å²) in [5.41, 5.74) is 1.17. The zero-order valence-electron chi connectivity index (χ0n) is 14.5. The van der Waals surface area contributed by atoms with Crippen molar-refractivity contribution in [1.82, 2.24) is 14.9 Å². The molecule has 0 atom stereocenters. The number of nitrogens with zero attached hydrogens (tertiary/aromatic N) is 2. The standard InChI is InChI=1S/C18H27N3O3/c1-3-23-11-12-24-17-6-5-16(13-18(17)22-2)14-19-7-4-9-21-10-8-20-15-21/h5-6,8,10,13,15,19H,3-4,7,9,11-12,14H2,1-2H3. The number of rotatable bonds is 12.